The molecule has 2 heterocycles. The smallest absolute Gasteiger partial charge is 0.243 e. The number of amides is 1. The van der Waals surface area contributed by atoms with Crippen LogP contribution in [0.5, 0.6) is 0 Å². The summed E-state index contributed by atoms with van der Waals surface area (Å²) in [5, 5.41) is 0. The summed E-state index contributed by atoms with van der Waals surface area (Å²) in [4.78, 5) is 16.1. The van der Waals surface area contributed by atoms with Gasteiger partial charge in [-0.3, -0.25) is 4.79 Å². The molecule has 5 nitrogen and oxygen atoms in total. The van der Waals surface area contributed by atoms with Gasteiger partial charge in [-0.05, 0) is 44.0 Å². The Morgan fingerprint density at radius 1 is 1.24 bits per heavy atom. The van der Waals surface area contributed by atoms with E-state index in [9.17, 15) is 13.2 Å². The summed E-state index contributed by atoms with van der Waals surface area (Å²) < 4.78 is 27.9. The number of halogens is 1. The molecule has 1 saturated heterocycles. The van der Waals surface area contributed by atoms with E-state index in [1.165, 1.54) is 15.6 Å². The van der Waals surface area contributed by atoms with Crippen LogP contribution in [0, 0.1) is 12.8 Å². The van der Waals surface area contributed by atoms with Crippen molar-refractivity contribution >= 4 is 38.9 Å². The van der Waals surface area contributed by atoms with Crippen molar-refractivity contribution in [1.82, 2.24) is 9.21 Å². The lowest BCUT2D eigenvalue weighted by atomic mass is 9.96. The van der Waals surface area contributed by atoms with E-state index in [4.69, 9.17) is 11.6 Å². The van der Waals surface area contributed by atoms with Gasteiger partial charge in [-0.15, -0.1) is 17.9 Å². The fraction of sp³-hybridized carbons (Fsp3) is 0.381. The average Bonchev–Trinajstić information content (AvgIpc) is 3.12. The summed E-state index contributed by atoms with van der Waals surface area (Å²) in [6.07, 6.45) is 2.75. The van der Waals surface area contributed by atoms with Crippen LogP contribution in [0.1, 0.15) is 23.3 Å². The van der Waals surface area contributed by atoms with Gasteiger partial charge in [0.1, 0.15) is 0 Å². The highest BCUT2D eigenvalue weighted by atomic mass is 35.5. The van der Waals surface area contributed by atoms with Crippen molar-refractivity contribution in [2.45, 2.75) is 31.2 Å². The van der Waals surface area contributed by atoms with Gasteiger partial charge >= 0.3 is 0 Å². The minimum absolute atomic E-state index is 0.0433. The predicted octanol–water partition coefficient (Wildman–Crippen LogP) is 4.33. The van der Waals surface area contributed by atoms with Crippen molar-refractivity contribution in [2.75, 3.05) is 19.6 Å². The van der Waals surface area contributed by atoms with Crippen LogP contribution in [0.4, 0.5) is 0 Å². The number of carbonyl (C=O) groups is 1. The molecule has 1 aliphatic heterocycles. The lowest BCUT2D eigenvalue weighted by molar-refractivity contribution is -0.136. The second-order valence-electron chi connectivity index (χ2n) is 7.20. The molecule has 2 aromatic rings. The highest BCUT2D eigenvalue weighted by Crippen LogP contribution is 2.27. The highest BCUT2D eigenvalue weighted by molar-refractivity contribution is 7.89. The first-order valence-corrected chi connectivity index (χ1v) is 12.2. The van der Waals surface area contributed by atoms with E-state index < -0.39 is 10.0 Å². The molecular weight excluding hydrogens is 428 g/mol. The molecule has 1 aliphatic rings. The molecule has 0 bridgehead atoms. The van der Waals surface area contributed by atoms with E-state index in [1.807, 2.05) is 19.1 Å². The zero-order chi connectivity index (χ0) is 21.0. The van der Waals surface area contributed by atoms with Crippen LogP contribution in [0.2, 0.25) is 4.34 Å². The first kappa shape index (κ1) is 22.0. The SMILES string of the molecule is C=CCN(Cc1ccc(Cl)s1)C(=O)C1CCN(S(=O)(=O)c2ccc(C)cc2)CC1. The van der Waals surface area contributed by atoms with Crippen molar-refractivity contribution in [1.29, 1.82) is 0 Å². The van der Waals surface area contributed by atoms with Crippen molar-refractivity contribution in [2.24, 2.45) is 5.92 Å². The molecule has 0 unspecified atom stereocenters. The molecule has 0 N–H and O–H groups in total. The molecule has 0 radical (unpaired) electrons. The Hall–Kier alpha value is -1.67. The number of hydrogen-bond acceptors (Lipinski definition) is 4. The Balaban J connectivity index is 1.64. The summed E-state index contributed by atoms with van der Waals surface area (Å²) in [6, 6.07) is 10.6. The highest BCUT2D eigenvalue weighted by Gasteiger charge is 2.33. The predicted molar refractivity (Wildman–Crippen MR) is 118 cm³/mol. The summed E-state index contributed by atoms with van der Waals surface area (Å²) in [7, 11) is -3.52. The van der Waals surface area contributed by atoms with Gasteiger partial charge in [0, 0.05) is 30.4 Å². The van der Waals surface area contributed by atoms with Crippen LogP contribution in [-0.4, -0.2) is 43.2 Å². The lowest BCUT2D eigenvalue weighted by Gasteiger charge is -2.33. The summed E-state index contributed by atoms with van der Waals surface area (Å²) >= 11 is 7.46. The van der Waals surface area contributed by atoms with E-state index in [1.54, 1.807) is 35.2 Å². The Morgan fingerprint density at radius 3 is 2.45 bits per heavy atom. The first-order chi connectivity index (χ1) is 13.8. The Bertz CT molecular complexity index is 962. The maximum absolute atomic E-state index is 13.0. The van der Waals surface area contributed by atoms with Gasteiger partial charge in [-0.2, -0.15) is 4.31 Å². The minimum atomic E-state index is -3.52. The third-order valence-corrected chi connectivity index (χ3v) is 8.23. The van der Waals surface area contributed by atoms with Crippen molar-refractivity contribution < 1.29 is 13.2 Å². The summed E-state index contributed by atoms with van der Waals surface area (Å²) in [6.45, 7) is 7.32. The third kappa shape index (κ3) is 5.28. The number of nitrogens with zero attached hydrogens (tertiary/aromatic N) is 2. The Kier molecular flexibility index (Phi) is 7.16. The topological polar surface area (TPSA) is 57.7 Å². The Labute approximate surface area is 181 Å². The summed E-state index contributed by atoms with van der Waals surface area (Å²) in [5.41, 5.74) is 1.02. The number of aryl methyl sites for hydroxylation is 1. The first-order valence-electron chi connectivity index (χ1n) is 9.52. The minimum Gasteiger partial charge on any atom is -0.334 e. The number of rotatable bonds is 7. The van der Waals surface area contributed by atoms with E-state index >= 15 is 0 Å². The van der Waals surface area contributed by atoms with Gasteiger partial charge in [0.05, 0.1) is 15.8 Å². The second-order valence-corrected chi connectivity index (χ2v) is 10.9. The molecule has 1 fully saturated rings. The standard InChI is InChI=1S/C21H25ClN2O3S2/c1-3-12-23(15-18-6-9-20(22)28-18)21(25)17-10-13-24(14-11-17)29(26,27)19-7-4-16(2)5-8-19/h3-9,17H,1,10-15H2,2H3. The summed E-state index contributed by atoms with van der Waals surface area (Å²) in [5.74, 6) is -0.142. The van der Waals surface area contributed by atoms with Gasteiger partial charge < -0.3 is 4.90 Å². The molecule has 29 heavy (non-hydrogen) atoms. The van der Waals surface area contributed by atoms with E-state index in [2.05, 4.69) is 6.58 Å². The maximum Gasteiger partial charge on any atom is 0.243 e. The molecule has 0 atom stereocenters. The van der Waals surface area contributed by atoms with Crippen LogP contribution >= 0.6 is 22.9 Å². The van der Waals surface area contributed by atoms with E-state index in [0.717, 1.165) is 10.4 Å². The van der Waals surface area contributed by atoms with Crippen molar-refractivity contribution in [3.63, 3.8) is 0 Å². The quantitative estimate of drug-likeness (QED) is 0.587. The average molecular weight is 453 g/mol. The van der Waals surface area contributed by atoms with Crippen LogP contribution in [-0.2, 0) is 21.4 Å². The number of sulfonamides is 1. The number of benzene rings is 1. The molecule has 0 aliphatic carbocycles. The van der Waals surface area contributed by atoms with Crippen LogP contribution in [0.15, 0.2) is 53.9 Å². The maximum atomic E-state index is 13.0. The second kappa shape index (κ2) is 9.43. The van der Waals surface area contributed by atoms with Crippen LogP contribution in [0.3, 0.4) is 0 Å². The molecule has 0 saturated carbocycles. The fourth-order valence-corrected chi connectivity index (χ4v) is 6.05. The van der Waals surface area contributed by atoms with Crippen LogP contribution in [0.25, 0.3) is 0 Å². The number of hydrogen-bond donors (Lipinski definition) is 0. The van der Waals surface area contributed by atoms with E-state index in [0.29, 0.717) is 48.3 Å². The number of carbonyl (C=O) groups excluding carboxylic acids is 1. The van der Waals surface area contributed by atoms with Gasteiger partial charge in [-0.25, -0.2) is 8.42 Å². The molecule has 1 aromatic heterocycles. The molecule has 0 spiro atoms. The van der Waals surface area contributed by atoms with Gasteiger partial charge in [0.15, 0.2) is 0 Å². The molecule has 1 amide bonds. The monoisotopic (exact) mass is 452 g/mol. The number of thiophene rings is 1. The molecular formula is C21H25ClN2O3S2. The molecule has 156 valence electrons. The zero-order valence-electron chi connectivity index (χ0n) is 16.4. The number of piperidine rings is 1. The normalized spacial score (nSPS) is 15.9. The molecule has 3 rings (SSSR count). The fourth-order valence-electron chi connectivity index (χ4n) is 3.47. The van der Waals surface area contributed by atoms with Crippen LogP contribution < -0.4 is 0 Å². The largest absolute Gasteiger partial charge is 0.334 e. The Morgan fingerprint density at radius 2 is 1.90 bits per heavy atom. The molecule has 1 aromatic carbocycles. The molecule has 8 heteroatoms. The van der Waals surface area contributed by atoms with Crippen molar-refractivity contribution in [3.8, 4) is 0 Å². The van der Waals surface area contributed by atoms with Gasteiger partial charge in [-0.1, -0.05) is 35.4 Å². The third-order valence-electron chi connectivity index (χ3n) is 5.10. The lowest BCUT2D eigenvalue weighted by Crippen LogP contribution is -2.44. The van der Waals surface area contributed by atoms with Gasteiger partial charge in [0.2, 0.25) is 15.9 Å². The zero-order valence-corrected chi connectivity index (χ0v) is 18.8. The van der Waals surface area contributed by atoms with Gasteiger partial charge in [0.25, 0.3) is 0 Å². The van der Waals surface area contributed by atoms with E-state index in [-0.39, 0.29) is 11.8 Å². The van der Waals surface area contributed by atoms with Crippen molar-refractivity contribution in [3.05, 3.63) is 63.8 Å².